The van der Waals surface area contributed by atoms with E-state index < -0.39 is 0 Å². The van der Waals surface area contributed by atoms with Crippen LogP contribution in [0.25, 0.3) is 6.08 Å². The maximum absolute atomic E-state index is 12.2. The predicted octanol–water partition coefficient (Wildman–Crippen LogP) is 2.30. The van der Waals surface area contributed by atoms with Crippen LogP contribution in [0.3, 0.4) is 0 Å². The molecule has 120 valence electrons. The van der Waals surface area contributed by atoms with Gasteiger partial charge < -0.3 is 10.4 Å². The number of amides is 2. The molecular weight excluding hydrogens is 290 g/mol. The first kappa shape index (κ1) is 16.7. The molecule has 0 saturated carbocycles. The standard InChI is InChI=1S/C18H21N3O2/c22-15-14-21(13-10-16-6-2-1-3-7-16)18(23)20-12-9-17-8-4-5-11-19-17/h1-8,10-11,13,22H,9,12,14-15H2,(H,20,23). The quantitative estimate of drug-likeness (QED) is 0.824. The molecule has 2 N–H and O–H groups in total. The second-order valence-electron chi connectivity index (χ2n) is 4.95. The molecule has 23 heavy (non-hydrogen) atoms. The zero-order valence-corrected chi connectivity index (χ0v) is 12.9. The van der Waals surface area contributed by atoms with Gasteiger partial charge in [0, 0.05) is 31.1 Å². The Labute approximate surface area is 136 Å². The largest absolute Gasteiger partial charge is 0.395 e. The molecule has 2 aromatic rings. The lowest BCUT2D eigenvalue weighted by atomic mass is 10.2. The van der Waals surface area contributed by atoms with E-state index in [1.807, 2.05) is 54.6 Å². The second kappa shape index (κ2) is 9.38. The minimum atomic E-state index is -0.234. The highest BCUT2D eigenvalue weighted by molar-refractivity contribution is 5.76. The van der Waals surface area contributed by atoms with E-state index in [9.17, 15) is 4.79 Å². The summed E-state index contributed by atoms with van der Waals surface area (Å²) in [6.07, 6.45) is 5.93. The van der Waals surface area contributed by atoms with Crippen LogP contribution in [0.2, 0.25) is 0 Å². The van der Waals surface area contributed by atoms with Gasteiger partial charge >= 0.3 is 6.03 Å². The maximum atomic E-state index is 12.2. The molecule has 0 aliphatic rings. The van der Waals surface area contributed by atoms with Crippen molar-refractivity contribution in [3.05, 3.63) is 72.2 Å². The molecule has 0 fully saturated rings. The third-order valence-electron chi connectivity index (χ3n) is 3.23. The Morgan fingerprint density at radius 3 is 2.65 bits per heavy atom. The first-order chi connectivity index (χ1) is 11.3. The smallest absolute Gasteiger partial charge is 0.321 e. The zero-order valence-electron chi connectivity index (χ0n) is 12.9. The average molecular weight is 311 g/mol. The molecule has 0 aliphatic carbocycles. The Hall–Kier alpha value is -2.66. The molecule has 1 heterocycles. The van der Waals surface area contributed by atoms with Crippen molar-refractivity contribution in [2.45, 2.75) is 6.42 Å². The Morgan fingerprint density at radius 2 is 1.96 bits per heavy atom. The number of aliphatic hydroxyl groups excluding tert-OH is 1. The maximum Gasteiger partial charge on any atom is 0.321 e. The number of rotatable bonds is 7. The fourth-order valence-corrected chi connectivity index (χ4v) is 2.04. The molecule has 0 spiro atoms. The number of pyridine rings is 1. The molecule has 0 aliphatic heterocycles. The van der Waals surface area contributed by atoms with E-state index in [0.717, 1.165) is 11.3 Å². The number of aliphatic hydroxyl groups is 1. The van der Waals surface area contributed by atoms with Crippen molar-refractivity contribution in [2.75, 3.05) is 19.7 Å². The highest BCUT2D eigenvalue weighted by atomic mass is 16.3. The molecule has 1 aromatic carbocycles. The van der Waals surface area contributed by atoms with Crippen LogP contribution in [0.5, 0.6) is 0 Å². The van der Waals surface area contributed by atoms with Crippen LogP contribution in [0.4, 0.5) is 4.79 Å². The summed E-state index contributed by atoms with van der Waals surface area (Å²) >= 11 is 0. The van der Waals surface area contributed by atoms with Gasteiger partial charge in [0.05, 0.1) is 13.2 Å². The molecule has 5 nitrogen and oxygen atoms in total. The minimum absolute atomic E-state index is 0.0905. The normalized spacial score (nSPS) is 10.7. The fraction of sp³-hybridized carbons (Fsp3) is 0.222. The lowest BCUT2D eigenvalue weighted by Gasteiger charge is -2.18. The topological polar surface area (TPSA) is 65.5 Å². The number of nitrogens with one attached hydrogen (secondary N) is 1. The number of urea groups is 1. The first-order valence-electron chi connectivity index (χ1n) is 7.58. The van der Waals surface area contributed by atoms with Crippen molar-refractivity contribution in [3.63, 3.8) is 0 Å². The predicted molar refractivity (Wildman–Crippen MR) is 90.6 cm³/mol. The van der Waals surface area contributed by atoms with E-state index in [1.54, 1.807) is 12.4 Å². The van der Waals surface area contributed by atoms with Gasteiger partial charge in [-0.25, -0.2) is 4.79 Å². The van der Waals surface area contributed by atoms with Crippen molar-refractivity contribution < 1.29 is 9.90 Å². The Morgan fingerprint density at radius 1 is 1.17 bits per heavy atom. The van der Waals surface area contributed by atoms with Gasteiger partial charge in [0.2, 0.25) is 0 Å². The number of carbonyl (C=O) groups excluding carboxylic acids is 1. The second-order valence-corrected chi connectivity index (χ2v) is 4.95. The van der Waals surface area contributed by atoms with Gasteiger partial charge in [-0.15, -0.1) is 0 Å². The van der Waals surface area contributed by atoms with Gasteiger partial charge in [0.15, 0.2) is 0 Å². The monoisotopic (exact) mass is 311 g/mol. The Kier molecular flexibility index (Phi) is 6.81. The first-order valence-corrected chi connectivity index (χ1v) is 7.58. The molecular formula is C18H21N3O2. The number of hydrogen-bond donors (Lipinski definition) is 2. The van der Waals surface area contributed by atoms with E-state index in [-0.39, 0.29) is 19.2 Å². The van der Waals surface area contributed by atoms with Gasteiger partial charge in [0.1, 0.15) is 0 Å². The van der Waals surface area contributed by atoms with E-state index in [1.165, 1.54) is 4.90 Å². The van der Waals surface area contributed by atoms with Gasteiger partial charge in [-0.1, -0.05) is 36.4 Å². The van der Waals surface area contributed by atoms with Crippen LogP contribution in [0.1, 0.15) is 11.3 Å². The van der Waals surface area contributed by atoms with Crippen LogP contribution in [0.15, 0.2) is 60.9 Å². The molecule has 0 saturated heterocycles. The highest BCUT2D eigenvalue weighted by Crippen LogP contribution is 2.03. The highest BCUT2D eigenvalue weighted by Gasteiger charge is 2.09. The SMILES string of the molecule is O=C(NCCc1ccccn1)N(C=Cc1ccccc1)CCO. The van der Waals surface area contributed by atoms with E-state index in [0.29, 0.717) is 13.0 Å². The van der Waals surface area contributed by atoms with Crippen molar-refractivity contribution in [1.82, 2.24) is 15.2 Å². The molecule has 2 rings (SSSR count). The summed E-state index contributed by atoms with van der Waals surface area (Å²) in [5, 5.41) is 12.0. The third kappa shape index (κ3) is 5.92. The van der Waals surface area contributed by atoms with Gasteiger partial charge in [-0.2, -0.15) is 0 Å². The molecule has 0 bridgehead atoms. The average Bonchev–Trinajstić information content (AvgIpc) is 2.60. The van der Waals surface area contributed by atoms with Crippen molar-refractivity contribution >= 4 is 12.1 Å². The van der Waals surface area contributed by atoms with Crippen molar-refractivity contribution in [1.29, 1.82) is 0 Å². The third-order valence-corrected chi connectivity index (χ3v) is 3.23. The van der Waals surface area contributed by atoms with Crippen LogP contribution in [0, 0.1) is 0 Å². The van der Waals surface area contributed by atoms with Crippen molar-refractivity contribution in [2.24, 2.45) is 0 Å². The summed E-state index contributed by atoms with van der Waals surface area (Å²) in [6, 6.07) is 15.2. The molecule has 0 atom stereocenters. The number of benzene rings is 1. The number of aromatic nitrogens is 1. The zero-order chi connectivity index (χ0) is 16.3. The number of nitrogens with zero attached hydrogens (tertiary/aromatic N) is 2. The van der Waals surface area contributed by atoms with Gasteiger partial charge in [0.25, 0.3) is 0 Å². The number of hydrogen-bond acceptors (Lipinski definition) is 3. The number of carbonyl (C=O) groups is 1. The Bertz CT molecular complexity index is 615. The minimum Gasteiger partial charge on any atom is -0.395 e. The molecule has 2 amide bonds. The van der Waals surface area contributed by atoms with Crippen LogP contribution < -0.4 is 5.32 Å². The van der Waals surface area contributed by atoms with E-state index in [4.69, 9.17) is 5.11 Å². The summed E-state index contributed by atoms with van der Waals surface area (Å²) in [6.45, 7) is 0.655. The lowest BCUT2D eigenvalue weighted by Crippen LogP contribution is -2.39. The fourth-order valence-electron chi connectivity index (χ4n) is 2.04. The summed E-state index contributed by atoms with van der Waals surface area (Å²) in [5.41, 5.74) is 1.93. The summed E-state index contributed by atoms with van der Waals surface area (Å²) in [7, 11) is 0. The van der Waals surface area contributed by atoms with E-state index >= 15 is 0 Å². The van der Waals surface area contributed by atoms with Gasteiger partial charge in [-0.05, 0) is 23.8 Å². The lowest BCUT2D eigenvalue weighted by molar-refractivity contribution is 0.199. The molecule has 1 aromatic heterocycles. The van der Waals surface area contributed by atoms with Gasteiger partial charge in [-0.3, -0.25) is 9.88 Å². The van der Waals surface area contributed by atoms with Crippen LogP contribution in [-0.4, -0.2) is 40.7 Å². The molecule has 0 unspecified atom stereocenters. The summed E-state index contributed by atoms with van der Waals surface area (Å²) < 4.78 is 0. The van der Waals surface area contributed by atoms with Crippen molar-refractivity contribution in [3.8, 4) is 0 Å². The summed E-state index contributed by atoms with van der Waals surface area (Å²) in [5.74, 6) is 0. The van der Waals surface area contributed by atoms with Crippen LogP contribution >= 0.6 is 0 Å². The molecule has 5 heteroatoms. The molecule has 0 radical (unpaired) electrons. The Balaban J connectivity index is 1.86. The van der Waals surface area contributed by atoms with E-state index in [2.05, 4.69) is 10.3 Å². The summed E-state index contributed by atoms with van der Waals surface area (Å²) in [4.78, 5) is 17.9. The van der Waals surface area contributed by atoms with Crippen LogP contribution in [-0.2, 0) is 6.42 Å².